The van der Waals surface area contributed by atoms with Crippen molar-refractivity contribution in [2.75, 3.05) is 0 Å². The highest BCUT2D eigenvalue weighted by atomic mass is 16.5. The minimum Gasteiger partial charge on any atom is -0.458 e. The van der Waals surface area contributed by atoms with Crippen molar-refractivity contribution in [3.05, 3.63) is 11.6 Å². The first kappa shape index (κ1) is 11.3. The van der Waals surface area contributed by atoms with E-state index in [4.69, 9.17) is 4.74 Å². The minimum absolute atomic E-state index is 0.0326. The van der Waals surface area contributed by atoms with Crippen molar-refractivity contribution in [2.24, 2.45) is 5.92 Å². The molecule has 0 amide bonds. The molecule has 0 fully saturated rings. The Hall–Kier alpha value is -0.790. The van der Waals surface area contributed by atoms with Crippen LogP contribution in [-0.4, -0.2) is 12.1 Å². The first-order chi connectivity index (χ1) is 6.63. The van der Waals surface area contributed by atoms with Gasteiger partial charge in [-0.05, 0) is 38.7 Å². The normalized spacial score (nSPS) is 23.9. The third-order valence-corrected chi connectivity index (χ3v) is 2.81. The van der Waals surface area contributed by atoms with E-state index in [1.807, 2.05) is 13.8 Å². The topological polar surface area (TPSA) is 26.3 Å². The summed E-state index contributed by atoms with van der Waals surface area (Å²) in [4.78, 5) is 11.5. The number of ether oxygens (including phenoxy) is 1. The van der Waals surface area contributed by atoms with E-state index in [0.717, 1.165) is 25.7 Å². The largest absolute Gasteiger partial charge is 0.458 e. The van der Waals surface area contributed by atoms with Crippen LogP contribution in [0.5, 0.6) is 0 Å². The van der Waals surface area contributed by atoms with Crippen LogP contribution >= 0.6 is 0 Å². The van der Waals surface area contributed by atoms with Crippen LogP contribution in [0.3, 0.4) is 0 Å². The smallest absolute Gasteiger partial charge is 0.309 e. The average molecular weight is 196 g/mol. The molecule has 0 aromatic rings. The molecule has 0 saturated carbocycles. The Labute approximate surface area is 86.3 Å². The number of allylic oxidation sites excluding steroid dienone is 1. The Morgan fingerprint density at radius 1 is 1.71 bits per heavy atom. The van der Waals surface area contributed by atoms with Gasteiger partial charge in [-0.25, -0.2) is 0 Å². The molecule has 14 heavy (non-hydrogen) atoms. The summed E-state index contributed by atoms with van der Waals surface area (Å²) in [5.74, 6) is -0.0194. The van der Waals surface area contributed by atoms with Gasteiger partial charge in [0.2, 0.25) is 0 Å². The van der Waals surface area contributed by atoms with Crippen molar-refractivity contribution >= 4 is 5.97 Å². The number of esters is 1. The van der Waals surface area contributed by atoms with Gasteiger partial charge < -0.3 is 4.74 Å². The van der Waals surface area contributed by atoms with Crippen molar-refractivity contribution < 1.29 is 9.53 Å². The molecule has 2 unspecified atom stereocenters. The molecule has 80 valence electrons. The van der Waals surface area contributed by atoms with Crippen LogP contribution in [0.15, 0.2) is 11.6 Å². The van der Waals surface area contributed by atoms with Gasteiger partial charge in [-0.2, -0.15) is 0 Å². The van der Waals surface area contributed by atoms with Gasteiger partial charge in [-0.15, -0.1) is 0 Å². The fourth-order valence-corrected chi connectivity index (χ4v) is 1.59. The van der Waals surface area contributed by atoms with E-state index in [9.17, 15) is 4.79 Å². The van der Waals surface area contributed by atoms with Crippen LogP contribution in [0.2, 0.25) is 0 Å². The fourth-order valence-electron chi connectivity index (χ4n) is 1.59. The lowest BCUT2D eigenvalue weighted by atomic mass is 9.98. The highest BCUT2D eigenvalue weighted by Gasteiger charge is 2.19. The molecule has 1 aliphatic rings. The number of hydrogen-bond acceptors (Lipinski definition) is 2. The SMILES string of the molecule is CCC(C)C(=O)OC1C=C(C)CCC1. The van der Waals surface area contributed by atoms with Crippen LogP contribution in [0, 0.1) is 5.92 Å². The molecular weight excluding hydrogens is 176 g/mol. The molecule has 0 radical (unpaired) electrons. The second-order valence-electron chi connectivity index (χ2n) is 4.19. The van der Waals surface area contributed by atoms with Gasteiger partial charge in [0.1, 0.15) is 6.10 Å². The van der Waals surface area contributed by atoms with Crippen molar-refractivity contribution in [2.45, 2.75) is 52.6 Å². The fraction of sp³-hybridized carbons (Fsp3) is 0.750. The molecule has 2 nitrogen and oxygen atoms in total. The predicted octanol–water partition coefficient (Wildman–Crippen LogP) is 3.07. The molecule has 0 spiro atoms. The van der Waals surface area contributed by atoms with E-state index >= 15 is 0 Å². The molecule has 0 N–H and O–H groups in total. The Balaban J connectivity index is 2.44. The molecule has 0 bridgehead atoms. The second-order valence-corrected chi connectivity index (χ2v) is 4.19. The quantitative estimate of drug-likeness (QED) is 0.512. The van der Waals surface area contributed by atoms with Crippen molar-refractivity contribution in [3.63, 3.8) is 0 Å². The van der Waals surface area contributed by atoms with E-state index in [1.54, 1.807) is 0 Å². The standard InChI is InChI=1S/C12H20O2/c1-4-10(3)12(13)14-11-7-5-6-9(2)8-11/h8,10-11H,4-7H2,1-3H3. The third-order valence-electron chi connectivity index (χ3n) is 2.81. The molecule has 0 saturated heterocycles. The van der Waals surface area contributed by atoms with Crippen molar-refractivity contribution in [1.82, 2.24) is 0 Å². The Morgan fingerprint density at radius 3 is 3.00 bits per heavy atom. The van der Waals surface area contributed by atoms with Gasteiger partial charge in [-0.1, -0.05) is 19.4 Å². The summed E-state index contributed by atoms with van der Waals surface area (Å²) in [6.07, 6.45) is 6.25. The minimum atomic E-state index is -0.0524. The molecule has 0 aromatic carbocycles. The zero-order chi connectivity index (χ0) is 10.6. The van der Waals surface area contributed by atoms with Crippen molar-refractivity contribution in [3.8, 4) is 0 Å². The lowest BCUT2D eigenvalue weighted by Gasteiger charge is -2.21. The molecule has 2 heteroatoms. The summed E-state index contributed by atoms with van der Waals surface area (Å²) in [6.45, 7) is 6.03. The Bertz CT molecular complexity index is 230. The Morgan fingerprint density at radius 2 is 2.43 bits per heavy atom. The summed E-state index contributed by atoms with van der Waals surface area (Å²) in [7, 11) is 0. The molecule has 2 atom stereocenters. The average Bonchev–Trinajstić information content (AvgIpc) is 2.16. The molecule has 1 aliphatic carbocycles. The van der Waals surface area contributed by atoms with E-state index in [1.165, 1.54) is 5.57 Å². The van der Waals surface area contributed by atoms with Gasteiger partial charge in [0.05, 0.1) is 5.92 Å². The van der Waals surface area contributed by atoms with Crippen LogP contribution in [-0.2, 0) is 9.53 Å². The van der Waals surface area contributed by atoms with E-state index in [-0.39, 0.29) is 18.0 Å². The van der Waals surface area contributed by atoms with Gasteiger partial charge in [-0.3, -0.25) is 4.79 Å². The lowest BCUT2D eigenvalue weighted by molar-refractivity contribution is -0.151. The maximum absolute atomic E-state index is 11.5. The first-order valence-corrected chi connectivity index (χ1v) is 5.51. The first-order valence-electron chi connectivity index (χ1n) is 5.51. The molecule has 0 aromatic heterocycles. The van der Waals surface area contributed by atoms with Gasteiger partial charge in [0.25, 0.3) is 0 Å². The van der Waals surface area contributed by atoms with Gasteiger partial charge in [0, 0.05) is 0 Å². The molecule has 0 aliphatic heterocycles. The molecular formula is C12H20O2. The van der Waals surface area contributed by atoms with Gasteiger partial charge in [0.15, 0.2) is 0 Å². The van der Waals surface area contributed by atoms with E-state index in [2.05, 4.69) is 13.0 Å². The maximum atomic E-state index is 11.5. The number of rotatable bonds is 3. The summed E-state index contributed by atoms with van der Waals surface area (Å²) < 4.78 is 5.40. The number of carbonyl (C=O) groups excluding carboxylic acids is 1. The van der Waals surface area contributed by atoms with Crippen LogP contribution in [0.25, 0.3) is 0 Å². The predicted molar refractivity (Wildman–Crippen MR) is 56.9 cm³/mol. The van der Waals surface area contributed by atoms with Crippen molar-refractivity contribution in [1.29, 1.82) is 0 Å². The summed E-state index contributed by atoms with van der Waals surface area (Å²) in [6, 6.07) is 0. The molecule has 0 heterocycles. The zero-order valence-corrected chi connectivity index (χ0v) is 9.38. The zero-order valence-electron chi connectivity index (χ0n) is 9.38. The summed E-state index contributed by atoms with van der Waals surface area (Å²) >= 11 is 0. The number of hydrogen-bond donors (Lipinski definition) is 0. The second kappa shape index (κ2) is 5.18. The van der Waals surface area contributed by atoms with E-state index in [0.29, 0.717) is 0 Å². The summed E-state index contributed by atoms with van der Waals surface area (Å²) in [5.41, 5.74) is 1.35. The van der Waals surface area contributed by atoms with Crippen LogP contribution in [0.4, 0.5) is 0 Å². The maximum Gasteiger partial charge on any atom is 0.309 e. The monoisotopic (exact) mass is 196 g/mol. The van der Waals surface area contributed by atoms with Gasteiger partial charge >= 0.3 is 5.97 Å². The van der Waals surface area contributed by atoms with E-state index < -0.39 is 0 Å². The van der Waals surface area contributed by atoms with Crippen LogP contribution < -0.4 is 0 Å². The third kappa shape index (κ3) is 3.17. The lowest BCUT2D eigenvalue weighted by Crippen LogP contribution is -2.22. The highest BCUT2D eigenvalue weighted by molar-refractivity contribution is 5.72. The highest BCUT2D eigenvalue weighted by Crippen LogP contribution is 2.20. The number of carbonyl (C=O) groups is 1. The molecule has 1 rings (SSSR count). The van der Waals surface area contributed by atoms with Crippen LogP contribution in [0.1, 0.15) is 46.5 Å². The summed E-state index contributed by atoms with van der Waals surface area (Å²) in [5, 5.41) is 0. The Kier molecular flexibility index (Phi) is 4.18.